The molecule has 1 aromatic heterocycles. The van der Waals surface area contributed by atoms with Gasteiger partial charge in [-0.05, 0) is 49.4 Å². The van der Waals surface area contributed by atoms with Crippen LogP contribution in [0.25, 0.3) is 0 Å². The van der Waals surface area contributed by atoms with E-state index in [9.17, 15) is 4.79 Å². The van der Waals surface area contributed by atoms with Gasteiger partial charge in [0.1, 0.15) is 6.54 Å². The minimum absolute atomic E-state index is 0.0107. The Balaban J connectivity index is 1.55. The standard InChI is InChI=1S/C19H26N4O/c1-15-8-12-22(13-9-15)18-6-4-17(5-7-18)16(2)21-19(24)14-23-11-3-10-20-23/h3-7,10-11,15-16H,8-9,12-14H2,1-2H3,(H,21,24). The van der Waals surface area contributed by atoms with Crippen molar-refractivity contribution in [3.8, 4) is 0 Å². The molecule has 1 fully saturated rings. The first kappa shape index (κ1) is 16.6. The van der Waals surface area contributed by atoms with Crippen LogP contribution in [-0.2, 0) is 11.3 Å². The third kappa shape index (κ3) is 4.16. The monoisotopic (exact) mass is 326 g/mol. The minimum atomic E-state index is -0.0275. The van der Waals surface area contributed by atoms with E-state index in [1.165, 1.54) is 18.5 Å². The molecular formula is C19H26N4O. The second-order valence-corrected chi connectivity index (χ2v) is 6.75. The molecule has 1 amide bonds. The Morgan fingerprint density at radius 3 is 2.62 bits per heavy atom. The summed E-state index contributed by atoms with van der Waals surface area (Å²) in [6.45, 7) is 6.86. The smallest absolute Gasteiger partial charge is 0.242 e. The van der Waals surface area contributed by atoms with Crippen LogP contribution in [0, 0.1) is 5.92 Å². The predicted octanol–water partition coefficient (Wildman–Crippen LogP) is 3.00. The molecule has 1 aliphatic heterocycles. The average molecular weight is 326 g/mol. The summed E-state index contributed by atoms with van der Waals surface area (Å²) in [5.41, 5.74) is 2.40. The van der Waals surface area contributed by atoms with Crippen LogP contribution in [0.5, 0.6) is 0 Å². The third-order valence-corrected chi connectivity index (χ3v) is 4.78. The zero-order chi connectivity index (χ0) is 16.9. The second kappa shape index (κ2) is 7.51. The van der Waals surface area contributed by atoms with Gasteiger partial charge in [-0.2, -0.15) is 5.10 Å². The number of amides is 1. The van der Waals surface area contributed by atoms with Gasteiger partial charge in [-0.25, -0.2) is 0 Å². The second-order valence-electron chi connectivity index (χ2n) is 6.75. The van der Waals surface area contributed by atoms with Crippen LogP contribution in [0.1, 0.15) is 38.3 Å². The number of benzene rings is 1. The highest BCUT2D eigenvalue weighted by Gasteiger charge is 2.16. The van der Waals surface area contributed by atoms with Crippen molar-refractivity contribution in [2.75, 3.05) is 18.0 Å². The molecule has 1 N–H and O–H groups in total. The Morgan fingerprint density at radius 1 is 1.29 bits per heavy atom. The first-order valence-corrected chi connectivity index (χ1v) is 8.73. The summed E-state index contributed by atoms with van der Waals surface area (Å²) >= 11 is 0. The number of hydrogen-bond donors (Lipinski definition) is 1. The molecule has 5 nitrogen and oxygen atoms in total. The van der Waals surface area contributed by atoms with Crippen molar-refractivity contribution in [1.29, 1.82) is 0 Å². The van der Waals surface area contributed by atoms with E-state index >= 15 is 0 Å². The highest BCUT2D eigenvalue weighted by atomic mass is 16.2. The zero-order valence-corrected chi connectivity index (χ0v) is 14.5. The van der Waals surface area contributed by atoms with E-state index in [0.29, 0.717) is 0 Å². The molecule has 2 aromatic rings. The summed E-state index contributed by atoms with van der Waals surface area (Å²) in [7, 11) is 0. The summed E-state index contributed by atoms with van der Waals surface area (Å²) in [6, 6.07) is 10.4. The number of anilines is 1. The molecule has 0 bridgehead atoms. The van der Waals surface area contributed by atoms with E-state index < -0.39 is 0 Å². The maximum atomic E-state index is 12.1. The van der Waals surface area contributed by atoms with Gasteiger partial charge in [0.25, 0.3) is 0 Å². The van der Waals surface area contributed by atoms with Crippen molar-refractivity contribution >= 4 is 11.6 Å². The molecule has 0 saturated carbocycles. The van der Waals surface area contributed by atoms with Gasteiger partial charge >= 0.3 is 0 Å². The van der Waals surface area contributed by atoms with Crippen LogP contribution >= 0.6 is 0 Å². The summed E-state index contributed by atoms with van der Waals surface area (Å²) < 4.78 is 1.63. The quantitative estimate of drug-likeness (QED) is 0.919. The Kier molecular flexibility index (Phi) is 5.18. The van der Waals surface area contributed by atoms with Gasteiger partial charge < -0.3 is 10.2 Å². The molecule has 2 heterocycles. The molecule has 1 unspecified atom stereocenters. The molecule has 0 radical (unpaired) electrons. The number of hydrogen-bond acceptors (Lipinski definition) is 3. The van der Waals surface area contributed by atoms with Crippen molar-refractivity contribution in [3.05, 3.63) is 48.3 Å². The van der Waals surface area contributed by atoms with Gasteiger partial charge in [-0.3, -0.25) is 9.48 Å². The number of carbonyl (C=O) groups excluding carboxylic acids is 1. The number of piperidine rings is 1. The zero-order valence-electron chi connectivity index (χ0n) is 14.5. The fourth-order valence-electron chi connectivity index (χ4n) is 3.15. The van der Waals surface area contributed by atoms with Crippen molar-refractivity contribution < 1.29 is 4.79 Å². The van der Waals surface area contributed by atoms with Crippen LogP contribution in [0.3, 0.4) is 0 Å². The van der Waals surface area contributed by atoms with Crippen molar-refractivity contribution in [2.24, 2.45) is 5.92 Å². The Morgan fingerprint density at radius 2 is 2.00 bits per heavy atom. The molecule has 24 heavy (non-hydrogen) atoms. The van der Waals surface area contributed by atoms with Crippen LogP contribution < -0.4 is 10.2 Å². The summed E-state index contributed by atoms with van der Waals surface area (Å²) in [4.78, 5) is 14.5. The number of aromatic nitrogens is 2. The molecule has 3 rings (SSSR count). The van der Waals surface area contributed by atoms with Crippen LogP contribution in [-0.4, -0.2) is 28.8 Å². The lowest BCUT2D eigenvalue weighted by atomic mass is 9.98. The van der Waals surface area contributed by atoms with Gasteiger partial charge in [0.15, 0.2) is 0 Å². The lowest BCUT2D eigenvalue weighted by Gasteiger charge is -2.32. The lowest BCUT2D eigenvalue weighted by molar-refractivity contribution is -0.122. The van der Waals surface area contributed by atoms with Crippen LogP contribution in [0.2, 0.25) is 0 Å². The normalized spacial score (nSPS) is 16.8. The van der Waals surface area contributed by atoms with E-state index in [1.54, 1.807) is 17.1 Å². The number of carbonyl (C=O) groups is 1. The number of nitrogens with zero attached hydrogens (tertiary/aromatic N) is 3. The minimum Gasteiger partial charge on any atom is -0.372 e. The molecule has 1 aromatic carbocycles. The van der Waals surface area contributed by atoms with Gasteiger partial charge in [-0.1, -0.05) is 19.1 Å². The molecule has 5 heteroatoms. The van der Waals surface area contributed by atoms with E-state index in [0.717, 1.165) is 24.6 Å². The predicted molar refractivity (Wildman–Crippen MR) is 95.8 cm³/mol. The Labute approximate surface area is 143 Å². The summed E-state index contributed by atoms with van der Waals surface area (Å²) in [5.74, 6) is 0.811. The number of rotatable bonds is 5. The fourth-order valence-corrected chi connectivity index (χ4v) is 3.15. The topological polar surface area (TPSA) is 50.2 Å². The van der Waals surface area contributed by atoms with Gasteiger partial charge in [0, 0.05) is 31.2 Å². The average Bonchev–Trinajstić information content (AvgIpc) is 3.08. The lowest BCUT2D eigenvalue weighted by Crippen LogP contribution is -2.33. The fraction of sp³-hybridized carbons (Fsp3) is 0.474. The first-order valence-electron chi connectivity index (χ1n) is 8.73. The number of nitrogens with one attached hydrogen (secondary N) is 1. The van der Waals surface area contributed by atoms with Crippen LogP contribution in [0.4, 0.5) is 5.69 Å². The van der Waals surface area contributed by atoms with E-state index in [-0.39, 0.29) is 18.5 Å². The molecule has 0 spiro atoms. The van der Waals surface area contributed by atoms with Crippen molar-refractivity contribution in [2.45, 2.75) is 39.3 Å². The molecule has 128 valence electrons. The summed E-state index contributed by atoms with van der Waals surface area (Å²) in [5, 5.41) is 7.08. The van der Waals surface area contributed by atoms with E-state index in [1.807, 2.05) is 13.0 Å². The largest absolute Gasteiger partial charge is 0.372 e. The summed E-state index contributed by atoms with van der Waals surface area (Å²) in [6.07, 6.45) is 6.00. The van der Waals surface area contributed by atoms with Gasteiger partial charge in [0.05, 0.1) is 6.04 Å². The third-order valence-electron chi connectivity index (χ3n) is 4.78. The molecule has 1 saturated heterocycles. The van der Waals surface area contributed by atoms with Crippen molar-refractivity contribution in [1.82, 2.24) is 15.1 Å². The maximum Gasteiger partial charge on any atom is 0.242 e. The maximum absolute atomic E-state index is 12.1. The van der Waals surface area contributed by atoms with Crippen LogP contribution in [0.15, 0.2) is 42.7 Å². The van der Waals surface area contributed by atoms with E-state index in [2.05, 4.69) is 46.5 Å². The molecule has 0 aliphatic carbocycles. The Bertz CT molecular complexity index is 643. The molecule has 1 aliphatic rings. The highest BCUT2D eigenvalue weighted by Crippen LogP contribution is 2.24. The molecular weight excluding hydrogens is 300 g/mol. The SMILES string of the molecule is CC1CCN(c2ccc(C(C)NC(=O)Cn3cccn3)cc2)CC1. The van der Waals surface area contributed by atoms with Gasteiger partial charge in [-0.15, -0.1) is 0 Å². The molecule has 1 atom stereocenters. The first-order chi connectivity index (χ1) is 11.6. The van der Waals surface area contributed by atoms with Crippen molar-refractivity contribution in [3.63, 3.8) is 0 Å². The van der Waals surface area contributed by atoms with E-state index in [4.69, 9.17) is 0 Å². The Hall–Kier alpha value is -2.30. The van der Waals surface area contributed by atoms with Gasteiger partial charge in [0.2, 0.25) is 5.91 Å². The highest BCUT2D eigenvalue weighted by molar-refractivity contribution is 5.76.